The number of rotatable bonds is 6. The van der Waals surface area contributed by atoms with Crippen molar-refractivity contribution < 1.29 is 4.42 Å². The fourth-order valence-corrected chi connectivity index (χ4v) is 7.16. The number of nitrogens with zero attached hydrogens (tertiary/aromatic N) is 5. The van der Waals surface area contributed by atoms with Crippen molar-refractivity contribution in [1.29, 1.82) is 0 Å². The molecular formula is C45H30N6O. The van der Waals surface area contributed by atoms with E-state index in [1.807, 2.05) is 54.9 Å². The van der Waals surface area contributed by atoms with Gasteiger partial charge in [-0.25, -0.2) is 9.98 Å². The Morgan fingerprint density at radius 3 is 2.08 bits per heavy atom. The molecule has 0 fully saturated rings. The van der Waals surface area contributed by atoms with E-state index < -0.39 is 0 Å². The maximum Gasteiger partial charge on any atom is 0.159 e. The van der Waals surface area contributed by atoms with Crippen molar-refractivity contribution in [1.82, 2.24) is 19.9 Å². The van der Waals surface area contributed by atoms with Crippen molar-refractivity contribution in [3.05, 3.63) is 187 Å². The Morgan fingerprint density at radius 1 is 0.558 bits per heavy atom. The summed E-state index contributed by atoms with van der Waals surface area (Å²) in [5.41, 5.74) is 10.3. The van der Waals surface area contributed by atoms with Gasteiger partial charge in [0.15, 0.2) is 5.84 Å². The number of amidine groups is 2. The molecule has 1 atom stereocenters. The number of hydrogen-bond donors (Lipinski definition) is 1. The summed E-state index contributed by atoms with van der Waals surface area (Å²) < 4.78 is 8.94. The minimum atomic E-state index is -0.343. The summed E-state index contributed by atoms with van der Waals surface area (Å²) in [6.45, 7) is 0. The normalized spacial score (nSPS) is 14.3. The van der Waals surface area contributed by atoms with Gasteiger partial charge in [-0.1, -0.05) is 84.9 Å². The zero-order chi connectivity index (χ0) is 34.4. The number of hydrogen-bond acceptors (Lipinski definition) is 6. The highest BCUT2D eigenvalue weighted by Gasteiger charge is 2.23. The molecule has 5 aromatic carbocycles. The van der Waals surface area contributed by atoms with E-state index in [4.69, 9.17) is 14.4 Å². The second kappa shape index (κ2) is 12.3. The van der Waals surface area contributed by atoms with E-state index in [1.165, 1.54) is 0 Å². The van der Waals surface area contributed by atoms with E-state index in [9.17, 15) is 0 Å². The monoisotopic (exact) mass is 670 g/mol. The van der Waals surface area contributed by atoms with E-state index in [0.29, 0.717) is 5.84 Å². The van der Waals surface area contributed by atoms with Crippen molar-refractivity contribution >= 4 is 44.4 Å². The average Bonchev–Trinajstić information content (AvgIpc) is 3.82. The third-order valence-corrected chi connectivity index (χ3v) is 9.68. The van der Waals surface area contributed by atoms with E-state index in [-0.39, 0.29) is 6.17 Å². The van der Waals surface area contributed by atoms with Crippen LogP contribution < -0.4 is 5.32 Å². The topological polar surface area (TPSA) is 80.6 Å². The first-order chi connectivity index (χ1) is 25.8. The van der Waals surface area contributed by atoms with Crippen molar-refractivity contribution in [2.75, 3.05) is 0 Å². The quantitative estimate of drug-likeness (QED) is 0.191. The smallest absolute Gasteiger partial charge is 0.159 e. The standard InChI is InChI=1S/C45H30N6O/c1-2-7-31(8-3-1)40-28-34-17-18-39-41(42(34)52-40)37-11-4-5-12-38(37)51(39)36-10-6-9-35(27-36)45-49-43(48-44(50-45)33-21-25-47-26-22-33)32-15-13-29(14-16-32)30-19-23-46-24-20-30/h1-28,43H,(H,48,49,50). The number of aromatic nitrogens is 3. The summed E-state index contributed by atoms with van der Waals surface area (Å²) in [6, 6.07) is 50.2. The van der Waals surface area contributed by atoms with Gasteiger partial charge in [-0.2, -0.15) is 0 Å². The minimum absolute atomic E-state index is 0.343. The lowest BCUT2D eigenvalue weighted by Gasteiger charge is -2.24. The molecule has 7 nitrogen and oxygen atoms in total. The molecule has 52 heavy (non-hydrogen) atoms. The Balaban J connectivity index is 1.08. The molecule has 7 heteroatoms. The number of aliphatic imine (C=N–C) groups is 2. The lowest BCUT2D eigenvalue weighted by molar-refractivity contribution is 0.635. The van der Waals surface area contributed by atoms with Gasteiger partial charge in [0.05, 0.1) is 16.4 Å². The van der Waals surface area contributed by atoms with Gasteiger partial charge in [-0.3, -0.25) is 9.97 Å². The second-order valence-electron chi connectivity index (χ2n) is 12.8. The van der Waals surface area contributed by atoms with Crippen molar-refractivity contribution in [3.8, 4) is 28.1 Å². The minimum Gasteiger partial charge on any atom is -0.455 e. The Labute approximate surface area is 299 Å². The van der Waals surface area contributed by atoms with Gasteiger partial charge in [0.1, 0.15) is 23.3 Å². The molecule has 10 rings (SSSR count). The van der Waals surface area contributed by atoms with Gasteiger partial charge in [0.25, 0.3) is 0 Å². The van der Waals surface area contributed by atoms with Crippen LogP contribution in [0.15, 0.2) is 185 Å². The Hall–Kier alpha value is -7.12. The highest BCUT2D eigenvalue weighted by atomic mass is 16.3. The van der Waals surface area contributed by atoms with Crippen LogP contribution in [0.1, 0.15) is 22.9 Å². The number of para-hydroxylation sites is 1. The zero-order valence-corrected chi connectivity index (χ0v) is 27.9. The van der Waals surface area contributed by atoms with Crippen LogP contribution in [0.2, 0.25) is 0 Å². The van der Waals surface area contributed by atoms with Crippen LogP contribution in [-0.2, 0) is 0 Å². The molecule has 1 N–H and O–H groups in total. The van der Waals surface area contributed by atoms with Crippen LogP contribution in [0.25, 0.3) is 60.9 Å². The molecule has 0 aliphatic carbocycles. The van der Waals surface area contributed by atoms with Crippen LogP contribution >= 0.6 is 0 Å². The average molecular weight is 671 g/mol. The summed E-state index contributed by atoms with van der Waals surface area (Å²) in [5.74, 6) is 2.25. The van der Waals surface area contributed by atoms with Gasteiger partial charge in [-0.05, 0) is 77.4 Å². The Bertz CT molecular complexity index is 2800. The third kappa shape index (κ3) is 5.15. The summed E-state index contributed by atoms with van der Waals surface area (Å²) in [6.07, 6.45) is 6.83. The summed E-state index contributed by atoms with van der Waals surface area (Å²) in [4.78, 5) is 18.5. The van der Waals surface area contributed by atoms with Crippen LogP contribution in [0.3, 0.4) is 0 Å². The molecule has 0 bridgehead atoms. The van der Waals surface area contributed by atoms with Gasteiger partial charge in [0.2, 0.25) is 0 Å². The largest absolute Gasteiger partial charge is 0.455 e. The number of benzene rings is 5. The SMILES string of the molecule is c1ccc(-c2cc3ccc4c(c5ccccc5n4-c4cccc(C5=NC(c6ccncc6)=NC(c6ccc(-c7ccncc7)cc6)N5)c4)c3o2)cc1. The van der Waals surface area contributed by atoms with Gasteiger partial charge in [-0.15, -0.1) is 0 Å². The van der Waals surface area contributed by atoms with E-state index >= 15 is 0 Å². The molecule has 0 saturated heterocycles. The second-order valence-corrected chi connectivity index (χ2v) is 12.8. The fourth-order valence-electron chi connectivity index (χ4n) is 7.16. The number of pyridine rings is 2. The molecule has 1 unspecified atom stereocenters. The molecule has 246 valence electrons. The Kier molecular flexibility index (Phi) is 7.06. The van der Waals surface area contributed by atoms with Gasteiger partial charge in [0, 0.05) is 57.9 Å². The highest BCUT2D eigenvalue weighted by molar-refractivity contribution is 6.20. The number of fused-ring (bicyclic) bond motifs is 5. The predicted molar refractivity (Wildman–Crippen MR) is 209 cm³/mol. The molecule has 1 aliphatic heterocycles. The number of nitrogens with one attached hydrogen (secondary N) is 1. The van der Waals surface area contributed by atoms with Crippen LogP contribution in [0.4, 0.5) is 0 Å². The maximum absolute atomic E-state index is 6.62. The van der Waals surface area contributed by atoms with E-state index in [0.717, 1.165) is 83.4 Å². The van der Waals surface area contributed by atoms with Crippen LogP contribution in [-0.4, -0.2) is 26.2 Å². The first-order valence-corrected chi connectivity index (χ1v) is 17.2. The van der Waals surface area contributed by atoms with Gasteiger partial charge < -0.3 is 14.3 Å². The Morgan fingerprint density at radius 2 is 1.27 bits per heavy atom. The molecule has 5 heterocycles. The summed E-state index contributed by atoms with van der Waals surface area (Å²) >= 11 is 0. The first kappa shape index (κ1) is 29.8. The molecule has 0 saturated carbocycles. The van der Waals surface area contributed by atoms with Crippen molar-refractivity contribution in [3.63, 3.8) is 0 Å². The van der Waals surface area contributed by atoms with Crippen molar-refractivity contribution in [2.24, 2.45) is 9.98 Å². The molecular weight excluding hydrogens is 641 g/mol. The first-order valence-electron chi connectivity index (χ1n) is 17.2. The molecule has 9 aromatic rings. The molecule has 0 radical (unpaired) electrons. The lowest BCUT2D eigenvalue weighted by atomic mass is 10.0. The summed E-state index contributed by atoms with van der Waals surface area (Å²) in [7, 11) is 0. The van der Waals surface area contributed by atoms with Gasteiger partial charge >= 0.3 is 0 Å². The summed E-state index contributed by atoms with van der Waals surface area (Å²) in [5, 5.41) is 6.95. The maximum atomic E-state index is 6.62. The number of furan rings is 1. The molecule has 4 aromatic heterocycles. The molecule has 0 amide bonds. The highest BCUT2D eigenvalue weighted by Crippen LogP contribution is 2.40. The van der Waals surface area contributed by atoms with Crippen molar-refractivity contribution in [2.45, 2.75) is 6.17 Å². The third-order valence-electron chi connectivity index (χ3n) is 9.68. The zero-order valence-electron chi connectivity index (χ0n) is 27.9. The molecule has 0 spiro atoms. The molecule has 1 aliphatic rings. The van der Waals surface area contributed by atoms with Crippen LogP contribution in [0, 0.1) is 0 Å². The lowest BCUT2D eigenvalue weighted by Crippen LogP contribution is -2.33. The van der Waals surface area contributed by atoms with E-state index in [1.54, 1.807) is 12.4 Å². The van der Waals surface area contributed by atoms with Crippen LogP contribution in [0.5, 0.6) is 0 Å². The van der Waals surface area contributed by atoms with E-state index in [2.05, 4.69) is 123 Å². The fraction of sp³-hybridized carbons (Fsp3) is 0.0222. The predicted octanol–water partition coefficient (Wildman–Crippen LogP) is 10.1.